The molecule has 1 heterocycles. The lowest BCUT2D eigenvalue weighted by atomic mass is 9.55. The van der Waals surface area contributed by atoms with Crippen LogP contribution in [0.4, 0.5) is 5.69 Å². The Bertz CT molecular complexity index is 2310. The number of hydrogen-bond acceptors (Lipinski definition) is 10. The smallest absolute Gasteiger partial charge is 0.269 e. The lowest BCUT2D eigenvalue weighted by Crippen LogP contribution is -2.70. The summed E-state index contributed by atoms with van der Waals surface area (Å²) in [6, 6.07) is 25.5. The molecule has 2 aliphatic carbocycles. The van der Waals surface area contributed by atoms with Gasteiger partial charge in [-0.3, -0.25) is 14.9 Å². The molecule has 62 heavy (non-hydrogen) atoms. The normalized spacial score (nSPS) is 23.3. The number of aliphatic hydroxyl groups excluding tert-OH is 2. The van der Waals surface area contributed by atoms with Gasteiger partial charge in [-0.2, -0.15) is 0 Å². The Hall–Kier alpha value is -5.82. The van der Waals surface area contributed by atoms with E-state index in [4.69, 9.17) is 19.0 Å². The van der Waals surface area contributed by atoms with Crippen molar-refractivity contribution < 1.29 is 39.0 Å². The first-order chi connectivity index (χ1) is 30.2. The van der Waals surface area contributed by atoms with Crippen molar-refractivity contribution >= 4 is 34.2 Å². The third-order valence-electron chi connectivity index (χ3n) is 12.4. The summed E-state index contributed by atoms with van der Waals surface area (Å²) in [5.41, 5.74) is 3.22. The number of benzene rings is 4. The Morgan fingerprint density at radius 2 is 1.71 bits per heavy atom. The van der Waals surface area contributed by atoms with Crippen molar-refractivity contribution in [2.45, 2.75) is 76.0 Å². The number of aliphatic hydroxyl groups is 2. The molecule has 7 rings (SSSR count). The molecule has 0 bridgehead atoms. The minimum absolute atomic E-state index is 0.0344. The van der Waals surface area contributed by atoms with Crippen LogP contribution in [0.1, 0.15) is 75.3 Å². The molecule has 326 valence electrons. The molecule has 12 nitrogen and oxygen atoms in total. The fourth-order valence-corrected chi connectivity index (χ4v) is 9.82. The van der Waals surface area contributed by atoms with Crippen LogP contribution in [0.2, 0.25) is 0 Å². The van der Waals surface area contributed by atoms with Gasteiger partial charge < -0.3 is 34.2 Å². The molecule has 1 aliphatic heterocycles. The van der Waals surface area contributed by atoms with Gasteiger partial charge in [-0.15, -0.1) is 6.58 Å². The molecule has 4 aromatic carbocycles. The molecule has 1 saturated carbocycles. The van der Waals surface area contributed by atoms with Crippen molar-refractivity contribution in [1.82, 2.24) is 4.90 Å². The predicted octanol–water partition coefficient (Wildman–Crippen LogP) is 9.76. The highest BCUT2D eigenvalue weighted by Gasteiger charge is 2.65. The summed E-state index contributed by atoms with van der Waals surface area (Å²) in [6.07, 6.45) is 12.7. The number of unbranched alkanes of at least 4 members (excludes halogenated alkanes) is 2. The number of fused-ring (bicyclic) bond motifs is 3. The van der Waals surface area contributed by atoms with Crippen molar-refractivity contribution in [2.24, 2.45) is 22.9 Å². The number of carbonyl (C=O) groups excluding carboxylic acids is 1. The molecular formula is C50H57N3O9. The minimum Gasteiger partial charge on any atom is -0.459 e. The zero-order chi connectivity index (χ0) is 43.6. The van der Waals surface area contributed by atoms with E-state index in [2.05, 4.69) is 36.0 Å². The highest BCUT2D eigenvalue weighted by molar-refractivity contribution is 6.03. The van der Waals surface area contributed by atoms with Gasteiger partial charge in [-0.25, -0.2) is 0 Å². The maximum atomic E-state index is 14.6. The van der Waals surface area contributed by atoms with E-state index in [-0.39, 0.29) is 55.6 Å². The monoisotopic (exact) mass is 843 g/mol. The van der Waals surface area contributed by atoms with Gasteiger partial charge in [0.25, 0.3) is 5.69 Å². The maximum Gasteiger partial charge on any atom is 0.269 e. The minimum atomic E-state index is -1.40. The quantitative estimate of drug-likeness (QED) is 0.0291. The molecule has 4 aromatic rings. The number of carbonyl (C=O) groups is 1. The van der Waals surface area contributed by atoms with Crippen LogP contribution in [-0.2, 0) is 14.4 Å². The fraction of sp³-hybridized carbons (Fsp3) is 0.400. The molecule has 0 aromatic heterocycles. The van der Waals surface area contributed by atoms with Gasteiger partial charge >= 0.3 is 0 Å². The van der Waals surface area contributed by atoms with E-state index in [9.17, 15) is 25.1 Å². The maximum absolute atomic E-state index is 14.6. The van der Waals surface area contributed by atoms with Crippen LogP contribution >= 0.6 is 0 Å². The predicted molar refractivity (Wildman–Crippen MR) is 240 cm³/mol. The first-order valence-electron chi connectivity index (χ1n) is 21.8. The highest BCUT2D eigenvalue weighted by atomic mass is 16.7. The summed E-state index contributed by atoms with van der Waals surface area (Å²) >= 11 is 0. The van der Waals surface area contributed by atoms with Crippen LogP contribution in [0.3, 0.4) is 0 Å². The average Bonchev–Trinajstić information content (AvgIpc) is 3.28. The molecular weight excluding hydrogens is 787 g/mol. The fourth-order valence-electron chi connectivity index (χ4n) is 9.82. The third-order valence-corrected chi connectivity index (χ3v) is 12.4. The Kier molecular flexibility index (Phi) is 14.5. The van der Waals surface area contributed by atoms with E-state index in [1.165, 1.54) is 25.3 Å². The highest BCUT2D eigenvalue weighted by Crippen LogP contribution is 2.62. The van der Waals surface area contributed by atoms with Gasteiger partial charge in [-0.1, -0.05) is 67.4 Å². The van der Waals surface area contributed by atoms with E-state index in [0.717, 1.165) is 47.6 Å². The lowest BCUT2D eigenvalue weighted by Gasteiger charge is -2.60. The molecule has 3 aliphatic rings. The molecule has 1 fully saturated rings. The van der Waals surface area contributed by atoms with Crippen molar-refractivity contribution in [1.29, 1.82) is 0 Å². The summed E-state index contributed by atoms with van der Waals surface area (Å²) in [7, 11) is 1.53. The summed E-state index contributed by atoms with van der Waals surface area (Å²) in [6.45, 7) is 6.74. The number of oxime groups is 1. The Balaban J connectivity index is 1.39. The zero-order valence-corrected chi connectivity index (χ0v) is 35.6. The van der Waals surface area contributed by atoms with Crippen LogP contribution in [0.15, 0.2) is 120 Å². The molecule has 6 atom stereocenters. The number of ether oxygens (including phenoxy) is 3. The first kappa shape index (κ1) is 44.2. The number of hydrogen-bond donors (Lipinski definition) is 2. The average molecular weight is 844 g/mol. The molecule has 12 heteroatoms. The number of amides is 1. The van der Waals surface area contributed by atoms with Crippen molar-refractivity contribution in [3.05, 3.63) is 137 Å². The number of allylic oxidation sites excluding steroid dienone is 1. The van der Waals surface area contributed by atoms with Crippen LogP contribution in [0.5, 0.6) is 17.2 Å². The van der Waals surface area contributed by atoms with Gasteiger partial charge in [0.2, 0.25) is 11.7 Å². The topological polar surface area (TPSA) is 153 Å². The van der Waals surface area contributed by atoms with Gasteiger partial charge in [0.05, 0.1) is 23.2 Å². The third kappa shape index (κ3) is 9.33. The summed E-state index contributed by atoms with van der Waals surface area (Å²) < 4.78 is 21.0. The van der Waals surface area contributed by atoms with E-state index in [1.807, 2.05) is 49.4 Å². The summed E-state index contributed by atoms with van der Waals surface area (Å²) in [4.78, 5) is 32.8. The SMILES string of the molecule is C=CCO[C@@]12Oc3ccc(Oc4ccc5ccccc5c4)cc3[C@H]3[C@H](CCCCO)[C@@H](CCCCO)C=C(C(=NOC)C[C@@H]1N(CCC)C(=O)C=Cc1ccc([N+](=O)[O-])cc1)[C@H]32. The van der Waals surface area contributed by atoms with Gasteiger partial charge in [0.15, 0.2) is 0 Å². The number of rotatable bonds is 20. The van der Waals surface area contributed by atoms with Crippen molar-refractivity contribution in [3.63, 3.8) is 0 Å². The summed E-state index contributed by atoms with van der Waals surface area (Å²) in [5.74, 6) is -0.213. The second-order valence-electron chi connectivity index (χ2n) is 16.3. The number of nitro benzene ring substituents is 1. The van der Waals surface area contributed by atoms with Crippen molar-refractivity contribution in [3.8, 4) is 17.2 Å². The first-order valence-corrected chi connectivity index (χ1v) is 21.8. The van der Waals surface area contributed by atoms with Gasteiger partial charge in [0, 0.05) is 55.9 Å². The second-order valence-corrected chi connectivity index (χ2v) is 16.3. The number of non-ortho nitro benzene ring substituents is 1. The number of nitrogens with zero attached hydrogens (tertiary/aromatic N) is 3. The van der Waals surface area contributed by atoms with Gasteiger partial charge in [0.1, 0.15) is 30.4 Å². The Morgan fingerprint density at radius 3 is 2.42 bits per heavy atom. The van der Waals surface area contributed by atoms with Crippen LogP contribution < -0.4 is 9.47 Å². The van der Waals surface area contributed by atoms with E-state index in [1.54, 1.807) is 29.2 Å². The Morgan fingerprint density at radius 1 is 0.984 bits per heavy atom. The van der Waals surface area contributed by atoms with Gasteiger partial charge in [-0.05, 0) is 114 Å². The molecule has 2 N–H and O–H groups in total. The molecule has 0 unspecified atom stereocenters. The van der Waals surface area contributed by atoms with Crippen LogP contribution in [0.25, 0.3) is 16.8 Å². The molecule has 0 saturated heterocycles. The van der Waals surface area contributed by atoms with E-state index >= 15 is 0 Å². The van der Waals surface area contributed by atoms with Crippen LogP contribution in [0, 0.1) is 27.9 Å². The van der Waals surface area contributed by atoms with E-state index < -0.39 is 22.7 Å². The standard InChI is InChI=1S/C50H57N3O9/c1-4-26-52(47(56)25-18-34-16-20-38(21-17-34)53(57)58)46-33-44(51-59-3)42-31-37(14-8-10-27-54)41(15-9-11-28-55)48-43-32-40(61-39-22-19-35-12-6-7-13-36(35)30-39)23-24-45(43)62-50(46,49(42)48)60-29-5-2/h5-7,12-13,16-25,30-32,37,41,46,48-49,54-55H,2,4,8-11,14-15,26-29,33H2,1,3H3/t37-,41+,46-,48+,49+,50+/m0/s1. The van der Waals surface area contributed by atoms with E-state index in [0.29, 0.717) is 54.3 Å². The second kappa shape index (κ2) is 20.4. The summed E-state index contributed by atoms with van der Waals surface area (Å²) in [5, 5.41) is 38.0. The molecule has 0 radical (unpaired) electrons. The largest absolute Gasteiger partial charge is 0.459 e. The number of nitro groups is 1. The zero-order valence-electron chi connectivity index (χ0n) is 35.6. The van der Waals surface area contributed by atoms with Crippen molar-refractivity contribution in [2.75, 3.05) is 33.5 Å². The Labute approximate surface area is 363 Å². The lowest BCUT2D eigenvalue weighted by molar-refractivity contribution is -0.384. The van der Waals surface area contributed by atoms with Crippen LogP contribution in [-0.4, -0.2) is 77.0 Å². The molecule has 1 amide bonds. The molecule has 0 spiro atoms.